The molecule has 1 N–H and O–H groups in total. The Hall–Kier alpha value is -1.20. The van der Waals surface area contributed by atoms with E-state index in [2.05, 4.69) is 9.97 Å². The van der Waals surface area contributed by atoms with E-state index in [4.69, 9.17) is 11.6 Å². The van der Waals surface area contributed by atoms with Crippen LogP contribution in [0.25, 0.3) is 0 Å². The number of carbonyl (C=O) groups is 1. The van der Waals surface area contributed by atoms with E-state index in [1.165, 1.54) is 12.4 Å². The van der Waals surface area contributed by atoms with E-state index in [1.54, 1.807) is 11.9 Å². The molecule has 0 unspecified atom stereocenters. The molecular formula is C11H14ClN3O2. The van der Waals surface area contributed by atoms with Gasteiger partial charge in [-0.2, -0.15) is 0 Å². The van der Waals surface area contributed by atoms with Crippen LogP contribution in [0.4, 0.5) is 0 Å². The zero-order valence-electron chi connectivity index (χ0n) is 9.51. The first-order valence-corrected chi connectivity index (χ1v) is 5.85. The third kappa shape index (κ3) is 2.92. The zero-order chi connectivity index (χ0) is 12.4. The number of aliphatic hydroxyl groups is 1. The van der Waals surface area contributed by atoms with Crippen LogP contribution in [0.15, 0.2) is 12.4 Å². The Bertz CT molecular complexity index is 404. The normalized spacial score (nSPS) is 23.0. The molecule has 1 heterocycles. The van der Waals surface area contributed by atoms with Crippen LogP contribution in [0.3, 0.4) is 0 Å². The summed E-state index contributed by atoms with van der Waals surface area (Å²) in [4.78, 5) is 21.3. The van der Waals surface area contributed by atoms with Crippen molar-refractivity contribution in [3.63, 3.8) is 0 Å². The summed E-state index contributed by atoms with van der Waals surface area (Å²) in [6, 6.07) is 0. The van der Waals surface area contributed by atoms with Crippen LogP contribution in [0.5, 0.6) is 0 Å². The van der Waals surface area contributed by atoms with Crippen molar-refractivity contribution in [3.8, 4) is 0 Å². The van der Waals surface area contributed by atoms with E-state index in [1.807, 2.05) is 0 Å². The van der Waals surface area contributed by atoms with Crippen molar-refractivity contribution in [2.75, 3.05) is 13.6 Å². The summed E-state index contributed by atoms with van der Waals surface area (Å²) in [5.74, 6) is 0.217. The molecule has 1 aromatic heterocycles. The minimum atomic E-state index is -0.196. The van der Waals surface area contributed by atoms with Gasteiger partial charge < -0.3 is 10.0 Å². The lowest BCUT2D eigenvalue weighted by atomic mass is 9.82. The second kappa shape index (κ2) is 4.98. The van der Waals surface area contributed by atoms with Gasteiger partial charge in [0.2, 0.25) is 0 Å². The summed E-state index contributed by atoms with van der Waals surface area (Å²) in [6.07, 6.45) is 4.07. The Morgan fingerprint density at radius 3 is 2.76 bits per heavy atom. The highest BCUT2D eigenvalue weighted by Crippen LogP contribution is 2.27. The first kappa shape index (κ1) is 12.3. The largest absolute Gasteiger partial charge is 0.393 e. The molecule has 2 rings (SSSR count). The average Bonchev–Trinajstić information content (AvgIpc) is 2.27. The molecule has 0 aromatic carbocycles. The molecule has 0 aliphatic heterocycles. The lowest BCUT2D eigenvalue weighted by Crippen LogP contribution is -2.39. The highest BCUT2D eigenvalue weighted by atomic mass is 35.5. The third-order valence-corrected chi connectivity index (χ3v) is 3.12. The summed E-state index contributed by atoms with van der Waals surface area (Å²) < 4.78 is 0. The van der Waals surface area contributed by atoms with Gasteiger partial charge in [0.25, 0.3) is 5.91 Å². The van der Waals surface area contributed by atoms with Gasteiger partial charge in [0.05, 0.1) is 18.5 Å². The molecule has 1 amide bonds. The molecule has 17 heavy (non-hydrogen) atoms. The van der Waals surface area contributed by atoms with Crippen LogP contribution in [-0.2, 0) is 0 Å². The molecule has 0 radical (unpaired) electrons. The van der Waals surface area contributed by atoms with E-state index >= 15 is 0 Å². The topological polar surface area (TPSA) is 66.3 Å². The quantitative estimate of drug-likeness (QED) is 0.874. The van der Waals surface area contributed by atoms with Crippen molar-refractivity contribution in [3.05, 3.63) is 23.2 Å². The molecule has 1 aliphatic rings. The monoisotopic (exact) mass is 255 g/mol. The number of hydrogen-bond donors (Lipinski definition) is 1. The van der Waals surface area contributed by atoms with Gasteiger partial charge in [-0.05, 0) is 18.8 Å². The molecule has 0 saturated heterocycles. The van der Waals surface area contributed by atoms with Crippen LogP contribution in [0, 0.1) is 5.92 Å². The van der Waals surface area contributed by atoms with Gasteiger partial charge in [-0.3, -0.25) is 4.79 Å². The number of aromatic nitrogens is 2. The predicted molar refractivity (Wildman–Crippen MR) is 62.7 cm³/mol. The van der Waals surface area contributed by atoms with Crippen molar-refractivity contribution in [2.45, 2.75) is 18.9 Å². The van der Waals surface area contributed by atoms with Gasteiger partial charge in [-0.25, -0.2) is 9.97 Å². The van der Waals surface area contributed by atoms with E-state index in [9.17, 15) is 9.90 Å². The van der Waals surface area contributed by atoms with Crippen molar-refractivity contribution >= 4 is 17.5 Å². The van der Waals surface area contributed by atoms with Gasteiger partial charge in [-0.15, -0.1) is 0 Å². The molecule has 1 fully saturated rings. The second-order valence-corrected chi connectivity index (χ2v) is 4.79. The Labute approximate surface area is 104 Å². The van der Waals surface area contributed by atoms with Crippen LogP contribution in [0.1, 0.15) is 23.3 Å². The fourth-order valence-electron chi connectivity index (χ4n) is 1.94. The van der Waals surface area contributed by atoms with Crippen LogP contribution in [0.2, 0.25) is 5.15 Å². The van der Waals surface area contributed by atoms with Gasteiger partial charge in [0.15, 0.2) is 0 Å². The molecular weight excluding hydrogens is 242 g/mol. The van der Waals surface area contributed by atoms with Gasteiger partial charge >= 0.3 is 0 Å². The standard InChI is InChI=1S/C11H14ClN3O2/c1-15(6-7-2-8(16)3-7)11(17)9-4-14-10(12)5-13-9/h4-5,7-8,16H,2-3,6H2,1H3. The highest BCUT2D eigenvalue weighted by molar-refractivity contribution is 6.29. The molecule has 0 bridgehead atoms. The fraction of sp³-hybridized carbons (Fsp3) is 0.545. The highest BCUT2D eigenvalue weighted by Gasteiger charge is 2.29. The maximum absolute atomic E-state index is 11.9. The number of amides is 1. The Morgan fingerprint density at radius 2 is 2.24 bits per heavy atom. The lowest BCUT2D eigenvalue weighted by Gasteiger charge is -2.34. The van der Waals surface area contributed by atoms with Gasteiger partial charge in [0, 0.05) is 13.6 Å². The van der Waals surface area contributed by atoms with E-state index in [-0.39, 0.29) is 22.9 Å². The summed E-state index contributed by atoms with van der Waals surface area (Å²) in [7, 11) is 1.73. The molecule has 1 aliphatic carbocycles. The molecule has 1 aromatic rings. The van der Waals surface area contributed by atoms with Crippen molar-refractivity contribution in [1.29, 1.82) is 0 Å². The lowest BCUT2D eigenvalue weighted by molar-refractivity contribution is 0.0264. The average molecular weight is 256 g/mol. The number of carbonyl (C=O) groups excluding carboxylic acids is 1. The Morgan fingerprint density at radius 1 is 1.53 bits per heavy atom. The first-order chi connectivity index (χ1) is 8.06. The van der Waals surface area contributed by atoms with E-state index in [0.29, 0.717) is 12.5 Å². The number of aliphatic hydroxyl groups excluding tert-OH is 1. The van der Waals surface area contributed by atoms with Crippen LogP contribution in [-0.4, -0.2) is 45.6 Å². The molecule has 5 nitrogen and oxygen atoms in total. The summed E-state index contributed by atoms with van der Waals surface area (Å²) in [5.41, 5.74) is 0.289. The SMILES string of the molecule is CN(CC1CC(O)C1)C(=O)c1cnc(Cl)cn1. The zero-order valence-corrected chi connectivity index (χ0v) is 10.3. The molecule has 6 heteroatoms. The maximum Gasteiger partial charge on any atom is 0.273 e. The summed E-state index contributed by atoms with van der Waals surface area (Å²) >= 11 is 5.60. The fourth-order valence-corrected chi connectivity index (χ4v) is 2.04. The van der Waals surface area contributed by atoms with E-state index in [0.717, 1.165) is 12.8 Å². The van der Waals surface area contributed by atoms with Crippen molar-refractivity contribution in [2.24, 2.45) is 5.92 Å². The van der Waals surface area contributed by atoms with Crippen LogP contribution >= 0.6 is 11.6 Å². The molecule has 92 valence electrons. The Balaban J connectivity index is 1.92. The minimum absolute atomic E-state index is 0.171. The third-order valence-electron chi connectivity index (χ3n) is 2.93. The van der Waals surface area contributed by atoms with Crippen molar-refractivity contribution in [1.82, 2.24) is 14.9 Å². The molecule has 0 atom stereocenters. The van der Waals surface area contributed by atoms with E-state index < -0.39 is 0 Å². The summed E-state index contributed by atoms with van der Waals surface area (Å²) in [6.45, 7) is 0.639. The second-order valence-electron chi connectivity index (χ2n) is 4.40. The smallest absolute Gasteiger partial charge is 0.273 e. The van der Waals surface area contributed by atoms with Crippen LogP contribution < -0.4 is 0 Å². The first-order valence-electron chi connectivity index (χ1n) is 5.47. The number of halogens is 1. The maximum atomic E-state index is 11.9. The number of nitrogens with zero attached hydrogens (tertiary/aromatic N) is 3. The van der Waals surface area contributed by atoms with Gasteiger partial charge in [0.1, 0.15) is 10.8 Å². The number of rotatable bonds is 3. The van der Waals surface area contributed by atoms with Gasteiger partial charge in [-0.1, -0.05) is 11.6 Å². The summed E-state index contributed by atoms with van der Waals surface area (Å²) in [5, 5.41) is 9.45. The minimum Gasteiger partial charge on any atom is -0.393 e. The predicted octanol–water partition coefficient (Wildman–Crippen LogP) is 0.973. The Kier molecular flexibility index (Phi) is 3.59. The molecule has 1 saturated carbocycles. The number of hydrogen-bond acceptors (Lipinski definition) is 4. The van der Waals surface area contributed by atoms with Crippen molar-refractivity contribution < 1.29 is 9.90 Å². The molecule has 0 spiro atoms.